The quantitative estimate of drug-likeness (QED) is 0.830. The number of piperazine rings is 1. The third-order valence-corrected chi connectivity index (χ3v) is 5.41. The van der Waals surface area contributed by atoms with E-state index in [4.69, 9.17) is 4.98 Å². The maximum atomic E-state index is 12.4. The number of aryl methyl sites for hydroxylation is 2. The van der Waals surface area contributed by atoms with Crippen LogP contribution in [0.15, 0.2) is 4.79 Å². The van der Waals surface area contributed by atoms with Crippen molar-refractivity contribution in [3.05, 3.63) is 20.8 Å². The van der Waals surface area contributed by atoms with Crippen LogP contribution in [0, 0.1) is 0 Å². The Kier molecular flexibility index (Phi) is 3.00. The van der Waals surface area contributed by atoms with Crippen molar-refractivity contribution in [3.63, 3.8) is 0 Å². The molecule has 5 nitrogen and oxygen atoms in total. The van der Waals surface area contributed by atoms with Crippen molar-refractivity contribution >= 4 is 27.5 Å². The van der Waals surface area contributed by atoms with E-state index in [1.54, 1.807) is 11.3 Å². The Morgan fingerprint density at radius 1 is 1.15 bits per heavy atom. The van der Waals surface area contributed by atoms with Gasteiger partial charge in [0, 0.05) is 31.1 Å². The molecule has 2 N–H and O–H groups in total. The molecule has 1 aliphatic heterocycles. The molecule has 0 atom stereocenters. The number of thiophene rings is 1. The highest BCUT2D eigenvalue weighted by Gasteiger charge is 2.21. The Hall–Kier alpha value is -1.40. The summed E-state index contributed by atoms with van der Waals surface area (Å²) < 4.78 is 0. The SMILES string of the molecule is O=c1[nH]c(N2CCNCC2)nc2sc3c(c12)CCCC3. The van der Waals surface area contributed by atoms with Crippen molar-refractivity contribution in [2.24, 2.45) is 0 Å². The number of fused-ring (bicyclic) bond motifs is 3. The number of H-pyrrole nitrogens is 1. The average Bonchev–Trinajstić information content (AvgIpc) is 2.87. The van der Waals surface area contributed by atoms with Crippen LogP contribution >= 0.6 is 11.3 Å². The van der Waals surface area contributed by atoms with E-state index in [9.17, 15) is 4.79 Å². The van der Waals surface area contributed by atoms with Gasteiger partial charge in [-0.1, -0.05) is 0 Å². The van der Waals surface area contributed by atoms with E-state index in [0.29, 0.717) is 0 Å². The molecule has 0 spiro atoms. The summed E-state index contributed by atoms with van der Waals surface area (Å²) in [4.78, 5) is 24.6. The van der Waals surface area contributed by atoms with Gasteiger partial charge in [-0.25, -0.2) is 4.98 Å². The van der Waals surface area contributed by atoms with Gasteiger partial charge in [0.25, 0.3) is 5.56 Å². The van der Waals surface area contributed by atoms with E-state index >= 15 is 0 Å². The smallest absolute Gasteiger partial charge is 0.261 e. The zero-order chi connectivity index (χ0) is 13.5. The fourth-order valence-corrected chi connectivity index (χ4v) is 4.44. The second-order valence-electron chi connectivity index (χ2n) is 5.52. The van der Waals surface area contributed by atoms with Gasteiger partial charge < -0.3 is 10.2 Å². The van der Waals surface area contributed by atoms with E-state index in [0.717, 1.165) is 55.2 Å². The minimum absolute atomic E-state index is 0.0444. The molecule has 4 rings (SSSR count). The van der Waals surface area contributed by atoms with Crippen LogP contribution in [0.5, 0.6) is 0 Å². The number of rotatable bonds is 1. The summed E-state index contributed by atoms with van der Waals surface area (Å²) in [5, 5.41) is 4.17. The third-order valence-electron chi connectivity index (χ3n) is 4.23. The zero-order valence-corrected chi connectivity index (χ0v) is 12.2. The number of hydrogen-bond donors (Lipinski definition) is 2. The van der Waals surface area contributed by atoms with Crippen molar-refractivity contribution in [2.45, 2.75) is 25.7 Å². The molecule has 2 aromatic rings. The summed E-state index contributed by atoms with van der Waals surface area (Å²) in [6, 6.07) is 0. The molecule has 0 amide bonds. The summed E-state index contributed by atoms with van der Waals surface area (Å²) in [5.74, 6) is 0.739. The molecule has 3 heterocycles. The van der Waals surface area contributed by atoms with E-state index in [-0.39, 0.29) is 5.56 Å². The highest BCUT2D eigenvalue weighted by atomic mass is 32.1. The van der Waals surface area contributed by atoms with Crippen molar-refractivity contribution < 1.29 is 0 Å². The summed E-state index contributed by atoms with van der Waals surface area (Å²) >= 11 is 1.72. The molecule has 1 saturated heterocycles. The van der Waals surface area contributed by atoms with Crippen LogP contribution in [0.3, 0.4) is 0 Å². The van der Waals surface area contributed by atoms with Gasteiger partial charge in [0.1, 0.15) is 4.83 Å². The average molecular weight is 290 g/mol. The number of nitrogens with one attached hydrogen (secondary N) is 2. The van der Waals surface area contributed by atoms with E-state index in [2.05, 4.69) is 15.2 Å². The maximum absolute atomic E-state index is 12.4. The molecule has 0 aromatic carbocycles. The Balaban J connectivity index is 1.83. The predicted octanol–water partition coefficient (Wildman–Crippen LogP) is 1.27. The Labute approximate surface area is 121 Å². The Morgan fingerprint density at radius 3 is 2.80 bits per heavy atom. The van der Waals surface area contributed by atoms with Crippen molar-refractivity contribution in [1.29, 1.82) is 0 Å². The zero-order valence-electron chi connectivity index (χ0n) is 11.4. The summed E-state index contributed by atoms with van der Waals surface area (Å²) in [7, 11) is 0. The van der Waals surface area contributed by atoms with Crippen molar-refractivity contribution in [2.75, 3.05) is 31.1 Å². The molecule has 6 heteroatoms. The topological polar surface area (TPSA) is 61.0 Å². The minimum Gasteiger partial charge on any atom is -0.340 e. The van der Waals surface area contributed by atoms with Crippen LogP contribution in [0.25, 0.3) is 10.2 Å². The lowest BCUT2D eigenvalue weighted by atomic mass is 9.97. The lowest BCUT2D eigenvalue weighted by Crippen LogP contribution is -2.44. The predicted molar refractivity (Wildman–Crippen MR) is 82.0 cm³/mol. The first kappa shape index (κ1) is 12.3. The number of aromatic amines is 1. The molecule has 0 saturated carbocycles. The van der Waals surface area contributed by atoms with Crippen LogP contribution in [-0.2, 0) is 12.8 Å². The Bertz CT molecular complexity index is 699. The standard InChI is InChI=1S/C14H18N4OS/c19-12-11-9-3-1-2-4-10(9)20-13(11)17-14(16-12)18-7-5-15-6-8-18/h15H,1-8H2,(H,16,17,19). The normalized spacial score (nSPS) is 19.3. The molecule has 1 aliphatic carbocycles. The fraction of sp³-hybridized carbons (Fsp3) is 0.571. The van der Waals surface area contributed by atoms with E-state index in [1.165, 1.54) is 23.3 Å². The number of nitrogens with zero attached hydrogens (tertiary/aromatic N) is 2. The van der Waals surface area contributed by atoms with Crippen LogP contribution in [0.2, 0.25) is 0 Å². The molecule has 2 aromatic heterocycles. The second kappa shape index (κ2) is 4.86. The van der Waals surface area contributed by atoms with Crippen molar-refractivity contribution in [3.8, 4) is 0 Å². The molecular formula is C14H18N4OS. The first-order valence-corrected chi connectivity index (χ1v) is 8.15. The number of anilines is 1. The number of hydrogen-bond acceptors (Lipinski definition) is 5. The van der Waals surface area contributed by atoms with Crippen LogP contribution in [-0.4, -0.2) is 36.1 Å². The fourth-order valence-electron chi connectivity index (χ4n) is 3.18. The molecule has 20 heavy (non-hydrogen) atoms. The van der Waals surface area contributed by atoms with Gasteiger partial charge in [0.2, 0.25) is 5.95 Å². The monoisotopic (exact) mass is 290 g/mol. The first-order chi connectivity index (χ1) is 9.83. The second-order valence-corrected chi connectivity index (χ2v) is 6.60. The van der Waals surface area contributed by atoms with Crippen LogP contribution < -0.4 is 15.8 Å². The first-order valence-electron chi connectivity index (χ1n) is 7.33. The Morgan fingerprint density at radius 2 is 1.95 bits per heavy atom. The number of aromatic nitrogens is 2. The molecule has 0 bridgehead atoms. The summed E-state index contributed by atoms with van der Waals surface area (Å²) in [6.07, 6.45) is 4.58. The molecule has 2 aliphatic rings. The van der Waals surface area contributed by atoms with Gasteiger partial charge in [0.15, 0.2) is 0 Å². The summed E-state index contributed by atoms with van der Waals surface area (Å²) in [6.45, 7) is 3.70. The highest BCUT2D eigenvalue weighted by molar-refractivity contribution is 7.18. The lowest BCUT2D eigenvalue weighted by molar-refractivity contribution is 0.580. The van der Waals surface area contributed by atoms with Gasteiger partial charge in [-0.2, -0.15) is 0 Å². The van der Waals surface area contributed by atoms with Gasteiger partial charge in [-0.05, 0) is 31.2 Å². The third kappa shape index (κ3) is 1.94. The highest BCUT2D eigenvalue weighted by Crippen LogP contribution is 2.34. The minimum atomic E-state index is 0.0444. The lowest BCUT2D eigenvalue weighted by Gasteiger charge is -2.27. The van der Waals surface area contributed by atoms with E-state index < -0.39 is 0 Å². The van der Waals surface area contributed by atoms with Gasteiger partial charge in [-0.15, -0.1) is 11.3 Å². The van der Waals surface area contributed by atoms with Crippen molar-refractivity contribution in [1.82, 2.24) is 15.3 Å². The van der Waals surface area contributed by atoms with Crippen LogP contribution in [0.1, 0.15) is 23.3 Å². The van der Waals surface area contributed by atoms with Gasteiger partial charge >= 0.3 is 0 Å². The molecule has 106 valence electrons. The molecule has 0 unspecified atom stereocenters. The van der Waals surface area contributed by atoms with E-state index in [1.807, 2.05) is 0 Å². The summed E-state index contributed by atoms with van der Waals surface area (Å²) in [5.41, 5.74) is 1.31. The maximum Gasteiger partial charge on any atom is 0.261 e. The molecular weight excluding hydrogens is 272 g/mol. The van der Waals surface area contributed by atoms with Gasteiger partial charge in [-0.3, -0.25) is 9.78 Å². The van der Waals surface area contributed by atoms with Gasteiger partial charge in [0.05, 0.1) is 5.39 Å². The van der Waals surface area contributed by atoms with Crippen LogP contribution in [0.4, 0.5) is 5.95 Å². The largest absolute Gasteiger partial charge is 0.340 e. The molecule has 1 fully saturated rings. The molecule has 0 radical (unpaired) electrons.